The van der Waals surface area contributed by atoms with Crippen LogP contribution in [0.5, 0.6) is 5.75 Å². The Morgan fingerprint density at radius 2 is 1.60 bits per heavy atom. The molecule has 13 nitrogen and oxygen atoms in total. The summed E-state index contributed by atoms with van der Waals surface area (Å²) in [6.45, 7) is 8.35. The fraction of sp³-hybridized carbons (Fsp3) is 0.400. The molecule has 7 rings (SSSR count). The van der Waals surface area contributed by atoms with E-state index in [-0.39, 0.29) is 17.8 Å². The molecule has 50 heavy (non-hydrogen) atoms. The summed E-state index contributed by atoms with van der Waals surface area (Å²) in [6, 6.07) is 23.9. The molecule has 3 aromatic carbocycles. The molecular formula is C35H40ClN9O4S. The highest BCUT2D eigenvalue weighted by Crippen LogP contribution is 2.39. The number of tetrazole rings is 1. The third kappa shape index (κ3) is 7.24. The molecule has 0 aliphatic carbocycles. The molecule has 3 atom stereocenters. The van der Waals surface area contributed by atoms with Crippen molar-refractivity contribution in [2.75, 3.05) is 54.9 Å². The van der Waals surface area contributed by atoms with Crippen molar-refractivity contribution < 1.29 is 14.2 Å². The number of rotatable bonds is 12. The van der Waals surface area contributed by atoms with Crippen LogP contribution in [-0.2, 0) is 22.3 Å². The van der Waals surface area contributed by atoms with E-state index in [1.807, 2.05) is 55.5 Å². The zero-order valence-corrected chi connectivity index (χ0v) is 29.8. The summed E-state index contributed by atoms with van der Waals surface area (Å²) in [5.74, 6) is 0.243. The summed E-state index contributed by atoms with van der Waals surface area (Å²) in [5, 5.41) is 17.3. The Morgan fingerprint density at radius 1 is 0.960 bits per heavy atom. The van der Waals surface area contributed by atoms with Gasteiger partial charge in [0.1, 0.15) is 24.8 Å². The van der Waals surface area contributed by atoms with Gasteiger partial charge in [-0.15, -0.1) is 5.10 Å². The van der Waals surface area contributed by atoms with E-state index in [1.165, 1.54) is 11.8 Å². The van der Waals surface area contributed by atoms with E-state index in [0.29, 0.717) is 29.1 Å². The van der Waals surface area contributed by atoms with Crippen LogP contribution in [0, 0.1) is 0 Å². The van der Waals surface area contributed by atoms with Gasteiger partial charge in [0.15, 0.2) is 0 Å². The summed E-state index contributed by atoms with van der Waals surface area (Å²) >= 11 is 7.63. The van der Waals surface area contributed by atoms with Crippen LogP contribution in [0.15, 0.2) is 89.1 Å². The van der Waals surface area contributed by atoms with Crippen molar-refractivity contribution in [2.45, 2.75) is 43.4 Å². The standard InChI is InChI=1S/C35H40ClN9O4S/c1-4-25(2)45-34(46)44(24-37-45)30-11-9-28(10-12-30)42-17-19-43(20-18-42)29-13-15-31(16-14-29)47-21-32-22-48-35(49-32,26-5-7-27(36)8-6-26)23-50-33-38-39-40-41(33)3/h5-16,24-25,32H,4,17-23H2,1-3H3. The smallest absolute Gasteiger partial charge is 0.350 e. The lowest BCUT2D eigenvalue weighted by molar-refractivity contribution is -0.160. The topological polar surface area (TPSA) is 118 Å². The van der Waals surface area contributed by atoms with E-state index < -0.39 is 5.79 Å². The third-order valence-corrected chi connectivity index (χ3v) is 10.6. The second kappa shape index (κ2) is 14.9. The average Bonchev–Trinajstić information content (AvgIpc) is 3.88. The Labute approximate surface area is 299 Å². The van der Waals surface area contributed by atoms with Gasteiger partial charge in [0.2, 0.25) is 10.9 Å². The number of anilines is 2. The van der Waals surface area contributed by atoms with Crippen molar-refractivity contribution in [2.24, 2.45) is 7.05 Å². The van der Waals surface area contributed by atoms with Gasteiger partial charge in [0.25, 0.3) is 0 Å². The molecule has 2 saturated heterocycles. The molecule has 0 saturated carbocycles. The van der Waals surface area contributed by atoms with Gasteiger partial charge in [-0.25, -0.2) is 18.7 Å². The van der Waals surface area contributed by atoms with Gasteiger partial charge >= 0.3 is 5.69 Å². The normalized spacial score (nSPS) is 20.0. The van der Waals surface area contributed by atoms with E-state index in [4.69, 9.17) is 25.8 Å². The number of ether oxygens (including phenoxy) is 3. The first kappa shape index (κ1) is 34.1. The number of piperazine rings is 1. The zero-order chi connectivity index (χ0) is 34.7. The fourth-order valence-corrected chi connectivity index (χ4v) is 7.20. The Hall–Kier alpha value is -4.37. The fourth-order valence-electron chi connectivity index (χ4n) is 6.12. The van der Waals surface area contributed by atoms with Crippen LogP contribution in [0.2, 0.25) is 5.02 Å². The molecule has 2 aliphatic rings. The zero-order valence-electron chi connectivity index (χ0n) is 28.3. The van der Waals surface area contributed by atoms with E-state index >= 15 is 0 Å². The Balaban J connectivity index is 0.914. The van der Waals surface area contributed by atoms with Crippen molar-refractivity contribution in [3.63, 3.8) is 0 Å². The maximum atomic E-state index is 12.8. The van der Waals surface area contributed by atoms with Crippen LogP contribution in [-0.4, -0.2) is 85.8 Å². The number of hydrogen-bond donors (Lipinski definition) is 0. The number of nitrogens with zero attached hydrogens (tertiary/aromatic N) is 9. The lowest BCUT2D eigenvalue weighted by atomic mass is 10.1. The molecule has 15 heteroatoms. The first-order chi connectivity index (χ1) is 24.3. The lowest BCUT2D eigenvalue weighted by Gasteiger charge is -2.37. The summed E-state index contributed by atoms with van der Waals surface area (Å²) in [4.78, 5) is 17.6. The summed E-state index contributed by atoms with van der Waals surface area (Å²) in [7, 11) is 1.80. The summed E-state index contributed by atoms with van der Waals surface area (Å²) in [6.07, 6.45) is 2.18. The monoisotopic (exact) mass is 717 g/mol. The Bertz CT molecular complexity index is 1930. The molecule has 0 amide bonds. The predicted molar refractivity (Wildman–Crippen MR) is 193 cm³/mol. The van der Waals surface area contributed by atoms with Crippen molar-refractivity contribution >= 4 is 34.7 Å². The van der Waals surface area contributed by atoms with Crippen LogP contribution in [0.25, 0.3) is 5.69 Å². The maximum Gasteiger partial charge on any atom is 0.350 e. The van der Waals surface area contributed by atoms with E-state index in [1.54, 1.807) is 27.3 Å². The highest BCUT2D eigenvalue weighted by atomic mass is 35.5. The molecule has 5 aromatic rings. The molecule has 0 radical (unpaired) electrons. The van der Waals surface area contributed by atoms with Gasteiger partial charge in [-0.3, -0.25) is 0 Å². The second-order valence-electron chi connectivity index (χ2n) is 12.5. The van der Waals surface area contributed by atoms with Crippen LogP contribution in [0.4, 0.5) is 11.4 Å². The SMILES string of the molecule is CCC(C)n1ncn(-c2ccc(N3CCN(c4ccc(OCC5COC(CSc6nnnn6C)(c6ccc(Cl)cc6)O5)cc4)CC3)cc2)c1=O. The molecule has 2 fully saturated rings. The minimum atomic E-state index is -0.986. The molecule has 262 valence electrons. The van der Waals surface area contributed by atoms with Gasteiger partial charge in [-0.1, -0.05) is 42.4 Å². The van der Waals surface area contributed by atoms with E-state index in [9.17, 15) is 4.79 Å². The van der Waals surface area contributed by atoms with Crippen LogP contribution < -0.4 is 20.2 Å². The Morgan fingerprint density at radius 3 is 2.22 bits per heavy atom. The number of aryl methyl sites for hydroxylation is 1. The molecule has 2 aliphatic heterocycles. The number of hydrogen-bond acceptors (Lipinski definition) is 11. The summed E-state index contributed by atoms with van der Waals surface area (Å²) in [5.41, 5.74) is 3.87. The first-order valence-corrected chi connectivity index (χ1v) is 18.1. The Kier molecular flexibility index (Phi) is 10.1. The largest absolute Gasteiger partial charge is 0.491 e. The van der Waals surface area contributed by atoms with E-state index in [2.05, 4.69) is 61.6 Å². The highest BCUT2D eigenvalue weighted by Gasteiger charge is 2.44. The van der Waals surface area contributed by atoms with Gasteiger partial charge < -0.3 is 24.0 Å². The molecule has 0 bridgehead atoms. The minimum absolute atomic E-state index is 0.0665. The molecule has 0 N–H and O–H groups in total. The lowest BCUT2D eigenvalue weighted by Crippen LogP contribution is -2.46. The van der Waals surface area contributed by atoms with Crippen molar-refractivity contribution in [3.05, 3.63) is 100 Å². The molecule has 2 aromatic heterocycles. The maximum absolute atomic E-state index is 12.8. The quantitative estimate of drug-likeness (QED) is 0.163. The molecular weight excluding hydrogens is 678 g/mol. The van der Waals surface area contributed by atoms with Gasteiger partial charge in [-0.2, -0.15) is 5.10 Å². The van der Waals surface area contributed by atoms with Gasteiger partial charge in [0.05, 0.1) is 24.1 Å². The van der Waals surface area contributed by atoms with Gasteiger partial charge in [0, 0.05) is 55.2 Å². The summed E-state index contributed by atoms with van der Waals surface area (Å²) < 4.78 is 23.8. The van der Waals surface area contributed by atoms with Crippen molar-refractivity contribution in [1.29, 1.82) is 0 Å². The van der Waals surface area contributed by atoms with Crippen LogP contribution >= 0.6 is 23.4 Å². The number of aromatic nitrogens is 7. The predicted octanol–water partition coefficient (Wildman–Crippen LogP) is 4.95. The molecule has 0 spiro atoms. The second-order valence-corrected chi connectivity index (χ2v) is 13.8. The minimum Gasteiger partial charge on any atom is -0.491 e. The number of thioether (sulfide) groups is 1. The van der Waals surface area contributed by atoms with E-state index in [0.717, 1.165) is 61.0 Å². The highest BCUT2D eigenvalue weighted by molar-refractivity contribution is 7.99. The average molecular weight is 718 g/mol. The molecule has 3 unspecified atom stereocenters. The van der Waals surface area contributed by atoms with Crippen LogP contribution in [0.1, 0.15) is 31.9 Å². The van der Waals surface area contributed by atoms with Crippen molar-refractivity contribution in [3.8, 4) is 11.4 Å². The van der Waals surface area contributed by atoms with Crippen LogP contribution in [0.3, 0.4) is 0 Å². The van der Waals surface area contributed by atoms with Crippen molar-refractivity contribution in [1.82, 2.24) is 34.6 Å². The first-order valence-electron chi connectivity index (χ1n) is 16.7. The third-order valence-electron chi connectivity index (χ3n) is 9.23. The number of halogens is 1. The number of benzene rings is 3. The van der Waals surface area contributed by atoms with Gasteiger partial charge in [-0.05, 0) is 84.4 Å². The molecule has 4 heterocycles.